The van der Waals surface area contributed by atoms with E-state index < -0.39 is 5.97 Å². The second kappa shape index (κ2) is 6.74. The van der Waals surface area contributed by atoms with Gasteiger partial charge in [-0.1, -0.05) is 0 Å². The van der Waals surface area contributed by atoms with Crippen molar-refractivity contribution in [3.8, 4) is 0 Å². The van der Waals surface area contributed by atoms with Crippen molar-refractivity contribution in [1.29, 1.82) is 0 Å². The zero-order chi connectivity index (χ0) is 14.5. The summed E-state index contributed by atoms with van der Waals surface area (Å²) in [5, 5.41) is 11.8. The van der Waals surface area contributed by atoms with Crippen molar-refractivity contribution < 1.29 is 14.7 Å². The second-order valence-electron chi connectivity index (χ2n) is 5.11. The molecule has 1 saturated heterocycles. The first-order valence-corrected chi connectivity index (χ1v) is 7.69. The molecule has 0 spiro atoms. The summed E-state index contributed by atoms with van der Waals surface area (Å²) in [6.07, 6.45) is 2.75. The van der Waals surface area contributed by atoms with Crippen LogP contribution in [0.25, 0.3) is 0 Å². The monoisotopic (exact) mass is 296 g/mol. The number of hydrogen-bond acceptors (Lipinski definition) is 3. The average Bonchev–Trinajstić information content (AvgIpc) is 2.82. The first-order chi connectivity index (χ1) is 9.56. The minimum atomic E-state index is -0.844. The third-order valence-corrected chi connectivity index (χ3v) is 4.51. The molecule has 2 N–H and O–H groups in total. The van der Waals surface area contributed by atoms with Gasteiger partial charge in [-0.3, -0.25) is 4.79 Å². The van der Waals surface area contributed by atoms with Gasteiger partial charge in [-0.05, 0) is 38.3 Å². The maximum atomic E-state index is 12.2. The minimum Gasteiger partial charge on any atom is -0.481 e. The van der Waals surface area contributed by atoms with Gasteiger partial charge in [0.05, 0.1) is 13.0 Å². The molecule has 1 unspecified atom stereocenters. The minimum absolute atomic E-state index is 0.0333. The maximum Gasteiger partial charge on any atom is 0.317 e. The highest BCUT2D eigenvalue weighted by Crippen LogP contribution is 2.20. The van der Waals surface area contributed by atoms with Crippen LogP contribution in [0.1, 0.15) is 35.4 Å². The van der Waals surface area contributed by atoms with E-state index in [1.54, 1.807) is 16.2 Å². The predicted molar refractivity (Wildman–Crippen MR) is 77.9 cm³/mol. The quantitative estimate of drug-likeness (QED) is 0.897. The molecule has 0 aromatic carbocycles. The number of rotatable bonds is 4. The number of amides is 2. The molecule has 1 aromatic heterocycles. The van der Waals surface area contributed by atoms with Gasteiger partial charge in [0.2, 0.25) is 0 Å². The summed E-state index contributed by atoms with van der Waals surface area (Å²) in [6, 6.07) is 3.71. The molecule has 0 saturated carbocycles. The number of carboxylic acid groups (broad SMARTS) is 1. The average molecular weight is 296 g/mol. The molecule has 1 aliphatic heterocycles. The van der Waals surface area contributed by atoms with Crippen LogP contribution in [0.3, 0.4) is 0 Å². The molecule has 1 fully saturated rings. The summed E-state index contributed by atoms with van der Waals surface area (Å²) in [5.41, 5.74) is 0. The van der Waals surface area contributed by atoms with Crippen LogP contribution >= 0.6 is 11.3 Å². The fourth-order valence-corrected chi connectivity index (χ4v) is 3.36. The van der Waals surface area contributed by atoms with Gasteiger partial charge in [-0.2, -0.15) is 0 Å². The molecule has 0 bridgehead atoms. The molecule has 1 atom stereocenters. The fourth-order valence-electron chi connectivity index (χ4n) is 2.53. The summed E-state index contributed by atoms with van der Waals surface area (Å²) >= 11 is 1.66. The van der Waals surface area contributed by atoms with E-state index in [1.165, 1.54) is 4.88 Å². The number of piperidine rings is 1. The zero-order valence-corrected chi connectivity index (χ0v) is 12.4. The molecule has 6 heteroatoms. The molecule has 2 rings (SSSR count). The smallest absolute Gasteiger partial charge is 0.317 e. The van der Waals surface area contributed by atoms with E-state index >= 15 is 0 Å². The summed E-state index contributed by atoms with van der Waals surface area (Å²) in [7, 11) is 0. The van der Waals surface area contributed by atoms with Crippen LogP contribution in [-0.4, -0.2) is 34.6 Å². The summed E-state index contributed by atoms with van der Waals surface area (Å²) < 4.78 is 0. The molecule has 0 aliphatic carbocycles. The SMILES string of the molecule is Cc1ccc(CNC(=O)N2CCCCC2CC(=O)O)s1. The lowest BCUT2D eigenvalue weighted by atomic mass is 10.00. The Morgan fingerprint density at radius 2 is 2.25 bits per heavy atom. The highest BCUT2D eigenvalue weighted by atomic mass is 32.1. The Kier molecular flexibility index (Phi) is 5.00. The van der Waals surface area contributed by atoms with Gasteiger partial charge in [0, 0.05) is 22.3 Å². The standard InChI is InChI=1S/C14H20N2O3S/c1-10-5-6-12(20-10)9-15-14(19)16-7-3-2-4-11(16)8-13(17)18/h5-6,11H,2-4,7-9H2,1H3,(H,15,19)(H,17,18). The van der Waals surface area contributed by atoms with E-state index in [0.29, 0.717) is 13.1 Å². The molecule has 0 radical (unpaired) electrons. The topological polar surface area (TPSA) is 69.6 Å². The number of carboxylic acids is 1. The first-order valence-electron chi connectivity index (χ1n) is 6.88. The van der Waals surface area contributed by atoms with Gasteiger partial charge < -0.3 is 15.3 Å². The Morgan fingerprint density at radius 1 is 1.45 bits per heavy atom. The number of aliphatic carboxylic acids is 1. The number of aryl methyl sites for hydroxylation is 1. The normalized spacial score (nSPS) is 18.9. The Bertz CT molecular complexity index is 487. The van der Waals surface area contributed by atoms with Crippen LogP contribution in [0.4, 0.5) is 4.79 Å². The van der Waals surface area contributed by atoms with Crippen LogP contribution in [0.2, 0.25) is 0 Å². The van der Waals surface area contributed by atoms with E-state index in [1.807, 2.05) is 19.1 Å². The number of hydrogen-bond donors (Lipinski definition) is 2. The lowest BCUT2D eigenvalue weighted by Gasteiger charge is -2.34. The highest BCUT2D eigenvalue weighted by molar-refractivity contribution is 7.11. The van der Waals surface area contributed by atoms with Crippen molar-refractivity contribution in [2.24, 2.45) is 0 Å². The maximum absolute atomic E-state index is 12.2. The number of thiophene rings is 1. The van der Waals surface area contributed by atoms with Crippen LogP contribution in [0.5, 0.6) is 0 Å². The number of likely N-dealkylation sites (tertiary alicyclic amines) is 1. The predicted octanol–water partition coefficient (Wildman–Crippen LogP) is 2.60. The van der Waals surface area contributed by atoms with Gasteiger partial charge in [-0.25, -0.2) is 4.79 Å². The zero-order valence-electron chi connectivity index (χ0n) is 11.6. The number of nitrogens with one attached hydrogen (secondary N) is 1. The van der Waals surface area contributed by atoms with Gasteiger partial charge in [0.25, 0.3) is 0 Å². The van der Waals surface area contributed by atoms with Gasteiger partial charge in [0.15, 0.2) is 0 Å². The summed E-state index contributed by atoms with van der Waals surface area (Å²) in [6.45, 7) is 3.18. The van der Waals surface area contributed by atoms with Crippen molar-refractivity contribution in [2.45, 2.75) is 45.2 Å². The van der Waals surface area contributed by atoms with Crippen LogP contribution < -0.4 is 5.32 Å². The fraction of sp³-hybridized carbons (Fsp3) is 0.571. The van der Waals surface area contributed by atoms with Crippen LogP contribution in [-0.2, 0) is 11.3 Å². The first kappa shape index (κ1) is 14.8. The van der Waals surface area contributed by atoms with Crippen molar-refractivity contribution in [2.75, 3.05) is 6.54 Å². The third-order valence-electron chi connectivity index (χ3n) is 3.51. The Labute approximate surface area is 122 Å². The molecule has 5 nitrogen and oxygen atoms in total. The third kappa shape index (κ3) is 3.96. The van der Waals surface area contributed by atoms with Crippen LogP contribution in [0.15, 0.2) is 12.1 Å². The van der Waals surface area contributed by atoms with Crippen molar-refractivity contribution >= 4 is 23.3 Å². The highest BCUT2D eigenvalue weighted by Gasteiger charge is 2.28. The van der Waals surface area contributed by atoms with Gasteiger partial charge in [-0.15, -0.1) is 11.3 Å². The van der Waals surface area contributed by atoms with E-state index in [2.05, 4.69) is 5.32 Å². The van der Waals surface area contributed by atoms with Crippen molar-refractivity contribution in [3.63, 3.8) is 0 Å². The largest absolute Gasteiger partial charge is 0.481 e. The molecular weight excluding hydrogens is 276 g/mol. The van der Waals surface area contributed by atoms with Gasteiger partial charge in [0.1, 0.15) is 0 Å². The van der Waals surface area contributed by atoms with E-state index in [4.69, 9.17) is 5.11 Å². The number of urea groups is 1. The molecule has 20 heavy (non-hydrogen) atoms. The molecule has 1 aromatic rings. The second-order valence-corrected chi connectivity index (χ2v) is 6.48. The van der Waals surface area contributed by atoms with Crippen molar-refractivity contribution in [1.82, 2.24) is 10.2 Å². The molecule has 2 amide bonds. The summed E-state index contributed by atoms with van der Waals surface area (Å²) in [5.74, 6) is -0.844. The molecular formula is C14H20N2O3S. The van der Waals surface area contributed by atoms with E-state index in [-0.39, 0.29) is 18.5 Å². The van der Waals surface area contributed by atoms with E-state index in [9.17, 15) is 9.59 Å². The number of carbonyl (C=O) groups excluding carboxylic acids is 1. The molecule has 1 aliphatic rings. The number of carbonyl (C=O) groups is 2. The summed E-state index contributed by atoms with van der Waals surface area (Å²) in [4.78, 5) is 27.1. The lowest BCUT2D eigenvalue weighted by Crippen LogP contribution is -2.49. The van der Waals surface area contributed by atoms with Crippen LogP contribution in [0, 0.1) is 6.92 Å². The lowest BCUT2D eigenvalue weighted by molar-refractivity contribution is -0.138. The Balaban J connectivity index is 1.90. The molecule has 110 valence electrons. The number of nitrogens with zero attached hydrogens (tertiary/aromatic N) is 1. The Morgan fingerprint density at radius 3 is 2.90 bits per heavy atom. The Hall–Kier alpha value is -1.56. The van der Waals surface area contributed by atoms with Gasteiger partial charge >= 0.3 is 12.0 Å². The van der Waals surface area contributed by atoms with Crippen molar-refractivity contribution in [3.05, 3.63) is 21.9 Å². The van der Waals surface area contributed by atoms with E-state index in [0.717, 1.165) is 24.1 Å². The molecule has 2 heterocycles.